The van der Waals surface area contributed by atoms with Crippen molar-refractivity contribution in [1.82, 2.24) is 4.90 Å². The molecule has 5 heteroatoms. The van der Waals surface area contributed by atoms with Gasteiger partial charge in [-0.3, -0.25) is 0 Å². The molecule has 0 aromatic heterocycles. The zero-order valence-corrected chi connectivity index (χ0v) is 10.6. The molecule has 1 aliphatic rings. The standard InChI is InChI=1S/C12H20N2O3/c1-12(2,3)17-11(16)14-5-4-9(7-13)6-10(14)8-15/h9-10,15H,4-6,8H2,1-3H3. The van der Waals surface area contributed by atoms with E-state index >= 15 is 0 Å². The number of piperidine rings is 1. The number of ether oxygens (including phenoxy) is 1. The molecule has 2 unspecified atom stereocenters. The van der Waals surface area contributed by atoms with Crippen LogP contribution in [-0.2, 0) is 4.74 Å². The molecule has 96 valence electrons. The Labute approximate surface area is 102 Å². The zero-order chi connectivity index (χ0) is 13.1. The van der Waals surface area contributed by atoms with Gasteiger partial charge in [-0.1, -0.05) is 0 Å². The molecular weight excluding hydrogens is 220 g/mol. The van der Waals surface area contributed by atoms with Crippen molar-refractivity contribution in [3.63, 3.8) is 0 Å². The maximum Gasteiger partial charge on any atom is 0.410 e. The predicted molar refractivity (Wildman–Crippen MR) is 62.2 cm³/mol. The summed E-state index contributed by atoms with van der Waals surface area (Å²) in [6, 6.07) is 1.88. The van der Waals surface area contributed by atoms with Crippen molar-refractivity contribution in [1.29, 1.82) is 5.26 Å². The molecule has 0 bridgehead atoms. The second kappa shape index (κ2) is 5.37. The number of aliphatic hydroxyl groups is 1. The number of nitrogens with zero attached hydrogens (tertiary/aromatic N) is 2. The number of rotatable bonds is 1. The third-order valence-corrected chi connectivity index (χ3v) is 2.74. The summed E-state index contributed by atoms with van der Waals surface area (Å²) in [5.74, 6) is -0.0779. The normalized spacial score (nSPS) is 25.2. The van der Waals surface area contributed by atoms with Crippen LogP contribution in [0.3, 0.4) is 0 Å². The molecule has 5 nitrogen and oxygen atoms in total. The Morgan fingerprint density at radius 2 is 2.24 bits per heavy atom. The summed E-state index contributed by atoms with van der Waals surface area (Å²) >= 11 is 0. The summed E-state index contributed by atoms with van der Waals surface area (Å²) in [5.41, 5.74) is -0.539. The average Bonchev–Trinajstić information content (AvgIpc) is 2.25. The summed E-state index contributed by atoms with van der Waals surface area (Å²) in [6.07, 6.45) is 0.756. The lowest BCUT2D eigenvalue weighted by Gasteiger charge is -2.37. The minimum absolute atomic E-state index is 0.0779. The van der Waals surface area contributed by atoms with E-state index in [-0.39, 0.29) is 18.6 Å². The first-order valence-electron chi connectivity index (χ1n) is 5.87. The van der Waals surface area contributed by atoms with Gasteiger partial charge in [0.15, 0.2) is 0 Å². The molecule has 1 amide bonds. The molecule has 1 fully saturated rings. The van der Waals surface area contributed by atoms with Gasteiger partial charge in [-0.25, -0.2) is 4.79 Å². The van der Waals surface area contributed by atoms with E-state index < -0.39 is 11.7 Å². The molecule has 0 aliphatic carbocycles. The lowest BCUT2D eigenvalue weighted by Crippen LogP contribution is -2.49. The molecule has 2 atom stereocenters. The van der Waals surface area contributed by atoms with Gasteiger partial charge in [0.25, 0.3) is 0 Å². The topological polar surface area (TPSA) is 73.6 Å². The van der Waals surface area contributed by atoms with Crippen LogP contribution in [0, 0.1) is 17.2 Å². The van der Waals surface area contributed by atoms with Crippen molar-refractivity contribution in [2.24, 2.45) is 5.92 Å². The lowest BCUT2D eigenvalue weighted by atomic mass is 9.93. The number of carbonyl (C=O) groups excluding carboxylic acids is 1. The van der Waals surface area contributed by atoms with E-state index in [1.165, 1.54) is 4.90 Å². The summed E-state index contributed by atoms with van der Waals surface area (Å²) < 4.78 is 5.27. The monoisotopic (exact) mass is 240 g/mol. The smallest absolute Gasteiger partial charge is 0.410 e. The van der Waals surface area contributed by atoms with Crippen molar-refractivity contribution in [2.75, 3.05) is 13.2 Å². The van der Waals surface area contributed by atoms with E-state index in [4.69, 9.17) is 10.00 Å². The SMILES string of the molecule is CC(C)(C)OC(=O)N1CCC(C#N)CC1CO. The molecule has 1 heterocycles. The number of aliphatic hydroxyl groups excluding tert-OH is 1. The third-order valence-electron chi connectivity index (χ3n) is 2.74. The van der Waals surface area contributed by atoms with Crippen molar-refractivity contribution in [3.05, 3.63) is 0 Å². The molecule has 1 aliphatic heterocycles. The van der Waals surface area contributed by atoms with Gasteiger partial charge >= 0.3 is 6.09 Å². The summed E-state index contributed by atoms with van der Waals surface area (Å²) in [7, 11) is 0. The number of hydrogen-bond donors (Lipinski definition) is 1. The fraction of sp³-hybridized carbons (Fsp3) is 0.833. The molecular formula is C12H20N2O3. The number of likely N-dealkylation sites (tertiary alicyclic amines) is 1. The Hall–Kier alpha value is -1.28. The second-order valence-electron chi connectivity index (χ2n) is 5.36. The van der Waals surface area contributed by atoms with Gasteiger partial charge < -0.3 is 14.7 Å². The van der Waals surface area contributed by atoms with Gasteiger partial charge in [0.2, 0.25) is 0 Å². The number of carbonyl (C=O) groups is 1. The van der Waals surface area contributed by atoms with Crippen molar-refractivity contribution in [3.8, 4) is 6.07 Å². The van der Waals surface area contributed by atoms with Crippen molar-refractivity contribution >= 4 is 6.09 Å². The Bertz CT molecular complexity index is 317. The lowest BCUT2D eigenvalue weighted by molar-refractivity contribution is -0.00162. The molecule has 0 spiro atoms. The minimum Gasteiger partial charge on any atom is -0.444 e. The van der Waals surface area contributed by atoms with Crippen LogP contribution in [-0.4, -0.2) is 40.9 Å². The Balaban J connectivity index is 2.64. The van der Waals surface area contributed by atoms with Crippen LogP contribution in [0.15, 0.2) is 0 Å². The highest BCUT2D eigenvalue weighted by Crippen LogP contribution is 2.24. The highest BCUT2D eigenvalue weighted by atomic mass is 16.6. The van der Waals surface area contributed by atoms with Crippen LogP contribution in [0.1, 0.15) is 33.6 Å². The Morgan fingerprint density at radius 1 is 1.59 bits per heavy atom. The van der Waals surface area contributed by atoms with E-state index in [0.29, 0.717) is 19.4 Å². The molecule has 0 saturated carbocycles. The largest absolute Gasteiger partial charge is 0.444 e. The molecule has 17 heavy (non-hydrogen) atoms. The maximum atomic E-state index is 11.9. The first kappa shape index (κ1) is 13.8. The van der Waals surface area contributed by atoms with Crippen LogP contribution in [0.25, 0.3) is 0 Å². The van der Waals surface area contributed by atoms with Crippen LogP contribution >= 0.6 is 0 Å². The predicted octanol–water partition coefficient (Wildman–Crippen LogP) is 1.52. The molecule has 0 aromatic rings. The van der Waals surface area contributed by atoms with E-state index in [9.17, 15) is 9.90 Å². The third kappa shape index (κ3) is 3.90. The average molecular weight is 240 g/mol. The van der Waals surface area contributed by atoms with Crippen LogP contribution < -0.4 is 0 Å². The zero-order valence-electron chi connectivity index (χ0n) is 10.6. The van der Waals surface area contributed by atoms with Gasteiger partial charge in [-0.2, -0.15) is 5.26 Å². The van der Waals surface area contributed by atoms with E-state index in [1.54, 1.807) is 20.8 Å². The summed E-state index contributed by atoms with van der Waals surface area (Å²) in [4.78, 5) is 13.4. The first-order chi connectivity index (χ1) is 7.87. The maximum absolute atomic E-state index is 11.9. The Kier molecular flexibility index (Phi) is 4.35. The summed E-state index contributed by atoms with van der Waals surface area (Å²) in [6.45, 7) is 5.76. The van der Waals surface area contributed by atoms with Gasteiger partial charge in [-0.15, -0.1) is 0 Å². The van der Waals surface area contributed by atoms with E-state index in [1.807, 2.05) is 0 Å². The Morgan fingerprint density at radius 3 is 2.71 bits per heavy atom. The second-order valence-corrected chi connectivity index (χ2v) is 5.36. The number of nitriles is 1. The molecule has 1 saturated heterocycles. The van der Waals surface area contributed by atoms with E-state index in [0.717, 1.165) is 0 Å². The highest BCUT2D eigenvalue weighted by molar-refractivity contribution is 5.68. The van der Waals surface area contributed by atoms with Crippen molar-refractivity contribution < 1.29 is 14.6 Å². The van der Waals surface area contributed by atoms with Crippen LogP contribution in [0.4, 0.5) is 4.79 Å². The first-order valence-corrected chi connectivity index (χ1v) is 5.87. The van der Waals surface area contributed by atoms with Gasteiger partial charge in [0.1, 0.15) is 5.60 Å². The van der Waals surface area contributed by atoms with Crippen LogP contribution in [0.2, 0.25) is 0 Å². The number of hydrogen-bond acceptors (Lipinski definition) is 4. The number of amides is 1. The fourth-order valence-corrected chi connectivity index (χ4v) is 1.90. The van der Waals surface area contributed by atoms with Gasteiger partial charge in [-0.05, 0) is 33.6 Å². The highest BCUT2D eigenvalue weighted by Gasteiger charge is 2.33. The van der Waals surface area contributed by atoms with E-state index in [2.05, 4.69) is 6.07 Å². The molecule has 1 rings (SSSR count). The molecule has 0 radical (unpaired) electrons. The van der Waals surface area contributed by atoms with Crippen molar-refractivity contribution in [2.45, 2.75) is 45.3 Å². The summed E-state index contributed by atoms with van der Waals surface area (Å²) in [5, 5.41) is 18.1. The van der Waals surface area contributed by atoms with Gasteiger partial charge in [0.05, 0.1) is 24.6 Å². The van der Waals surface area contributed by atoms with Gasteiger partial charge in [0, 0.05) is 6.54 Å². The molecule has 0 aromatic carbocycles. The minimum atomic E-state index is -0.539. The van der Waals surface area contributed by atoms with Crippen LogP contribution in [0.5, 0.6) is 0 Å². The fourth-order valence-electron chi connectivity index (χ4n) is 1.90. The quantitative estimate of drug-likeness (QED) is 0.754. The molecule has 1 N–H and O–H groups in total.